The third-order valence-corrected chi connectivity index (χ3v) is 3.78. The average Bonchev–Trinajstić information content (AvgIpc) is 2.65. The molecule has 1 aliphatic carbocycles. The van der Waals surface area contributed by atoms with Crippen molar-refractivity contribution >= 4 is 11.8 Å². The molecule has 2 rings (SSSR count). The van der Waals surface area contributed by atoms with E-state index in [9.17, 15) is 23.1 Å². The lowest BCUT2D eigenvalue weighted by atomic mass is 9.75. The van der Waals surface area contributed by atoms with Crippen LogP contribution in [-0.2, 0) is 4.74 Å². The van der Waals surface area contributed by atoms with Gasteiger partial charge in [0, 0.05) is 5.71 Å². The summed E-state index contributed by atoms with van der Waals surface area (Å²) in [6.07, 6.45) is -4.91. The quantitative estimate of drug-likeness (QED) is 0.739. The minimum atomic E-state index is -4.99. The van der Waals surface area contributed by atoms with Gasteiger partial charge < -0.3 is 9.84 Å². The number of nitrogens with zero attached hydrogens (tertiary/aromatic N) is 2. The highest BCUT2D eigenvalue weighted by molar-refractivity contribution is 5.93. The van der Waals surface area contributed by atoms with E-state index in [1.807, 2.05) is 0 Å². The molecule has 1 fully saturated rings. The van der Waals surface area contributed by atoms with Crippen LogP contribution in [0, 0.1) is 11.8 Å². The lowest BCUT2D eigenvalue weighted by Gasteiger charge is -2.38. The molecule has 0 aromatic rings. The lowest BCUT2D eigenvalue weighted by Crippen LogP contribution is -2.61. The summed E-state index contributed by atoms with van der Waals surface area (Å²) >= 11 is 0. The van der Waals surface area contributed by atoms with Crippen LogP contribution >= 0.6 is 0 Å². The molecule has 1 heterocycles. The van der Waals surface area contributed by atoms with Gasteiger partial charge in [-0.2, -0.15) is 23.3 Å². The highest BCUT2D eigenvalue weighted by Gasteiger charge is 2.69. The van der Waals surface area contributed by atoms with E-state index in [2.05, 4.69) is 9.84 Å². The van der Waals surface area contributed by atoms with Gasteiger partial charge in [0.1, 0.15) is 0 Å². The molecule has 0 spiro atoms. The van der Waals surface area contributed by atoms with Crippen LogP contribution < -0.4 is 0 Å². The van der Waals surface area contributed by atoms with Gasteiger partial charge in [0.2, 0.25) is 0 Å². The molecular weight excluding hydrogens is 265 g/mol. The number of carbonyl (C=O) groups excluding carboxylic acids is 1. The topological polar surface area (TPSA) is 62.1 Å². The van der Waals surface area contributed by atoms with Gasteiger partial charge in [0.15, 0.2) is 0 Å². The molecule has 0 saturated heterocycles. The Morgan fingerprint density at radius 2 is 2.16 bits per heavy atom. The molecule has 19 heavy (non-hydrogen) atoms. The lowest BCUT2D eigenvalue weighted by molar-refractivity contribution is -0.315. The fourth-order valence-electron chi connectivity index (χ4n) is 2.77. The molecule has 1 aliphatic heterocycles. The molecule has 2 aliphatic rings. The smallest absolute Gasteiger partial charge is 0.439 e. The number of fused-ring (bicyclic) bond motifs is 1. The Hall–Kier alpha value is -1.31. The maximum atomic E-state index is 13.2. The predicted molar refractivity (Wildman–Crippen MR) is 59.2 cm³/mol. The molecule has 3 atom stereocenters. The Kier molecular flexibility index (Phi) is 3.24. The van der Waals surface area contributed by atoms with Crippen LogP contribution in [0.5, 0.6) is 0 Å². The maximum absolute atomic E-state index is 13.2. The number of rotatable bonds is 0. The zero-order chi connectivity index (χ0) is 14.4. The van der Waals surface area contributed by atoms with Crippen molar-refractivity contribution in [1.29, 1.82) is 0 Å². The minimum absolute atomic E-state index is 0.0365. The van der Waals surface area contributed by atoms with Crippen LogP contribution in [0.15, 0.2) is 5.10 Å². The standard InChI is InChI=1S/C11H15F3N2O3/c1-6-4-3-5-7-8(6)15-16(9(17)19-2)10(7,18)11(12,13)14/h6-7,18H,3-5H2,1-2H3/t6-,7+,10+/m1/s1. The highest BCUT2D eigenvalue weighted by atomic mass is 19.4. The first kappa shape index (κ1) is 14.1. The van der Waals surface area contributed by atoms with Crippen LogP contribution in [0.3, 0.4) is 0 Å². The molecule has 8 heteroatoms. The minimum Gasteiger partial charge on any atom is -0.451 e. The van der Waals surface area contributed by atoms with Gasteiger partial charge in [-0.25, -0.2) is 4.79 Å². The molecule has 108 valence electrons. The Bertz CT molecular complexity index is 424. The number of hydrogen-bond donors (Lipinski definition) is 1. The van der Waals surface area contributed by atoms with E-state index in [0.717, 1.165) is 7.11 Å². The molecule has 1 saturated carbocycles. The van der Waals surface area contributed by atoms with Crippen molar-refractivity contribution in [2.24, 2.45) is 16.9 Å². The van der Waals surface area contributed by atoms with Gasteiger partial charge in [-0.05, 0) is 18.8 Å². The van der Waals surface area contributed by atoms with Crippen molar-refractivity contribution in [3.05, 3.63) is 0 Å². The van der Waals surface area contributed by atoms with Gasteiger partial charge in [0.05, 0.1) is 13.0 Å². The number of halogens is 3. The van der Waals surface area contributed by atoms with Gasteiger partial charge in [-0.3, -0.25) is 0 Å². The van der Waals surface area contributed by atoms with Crippen LogP contribution in [-0.4, -0.2) is 40.9 Å². The van der Waals surface area contributed by atoms with E-state index in [0.29, 0.717) is 12.8 Å². The summed E-state index contributed by atoms with van der Waals surface area (Å²) < 4.78 is 43.9. The van der Waals surface area contributed by atoms with Gasteiger partial charge in [-0.15, -0.1) is 0 Å². The Morgan fingerprint density at radius 1 is 1.53 bits per heavy atom. The van der Waals surface area contributed by atoms with Crippen LogP contribution in [0.1, 0.15) is 26.2 Å². The number of methoxy groups -OCH3 is 1. The van der Waals surface area contributed by atoms with E-state index < -0.39 is 23.9 Å². The summed E-state index contributed by atoms with van der Waals surface area (Å²) in [6, 6.07) is 0. The number of hydrogen-bond acceptors (Lipinski definition) is 4. The van der Waals surface area contributed by atoms with E-state index in [1.54, 1.807) is 6.92 Å². The molecular formula is C11H15F3N2O3. The van der Waals surface area contributed by atoms with Crippen LogP contribution in [0.2, 0.25) is 0 Å². The summed E-state index contributed by atoms with van der Waals surface area (Å²) in [5.74, 6) is -1.40. The third-order valence-electron chi connectivity index (χ3n) is 3.78. The zero-order valence-corrected chi connectivity index (χ0v) is 10.6. The second-order valence-corrected chi connectivity index (χ2v) is 4.92. The fourth-order valence-corrected chi connectivity index (χ4v) is 2.77. The monoisotopic (exact) mass is 280 g/mol. The van der Waals surface area contributed by atoms with E-state index in [-0.39, 0.29) is 23.1 Å². The first-order valence-electron chi connectivity index (χ1n) is 5.99. The third kappa shape index (κ3) is 1.89. The highest BCUT2D eigenvalue weighted by Crippen LogP contribution is 2.49. The van der Waals surface area contributed by atoms with E-state index in [1.165, 1.54) is 0 Å². The number of hydrazone groups is 1. The van der Waals surface area contributed by atoms with Crippen molar-refractivity contribution in [3.8, 4) is 0 Å². The summed E-state index contributed by atoms with van der Waals surface area (Å²) in [6.45, 7) is 1.74. The van der Waals surface area contributed by atoms with Crippen LogP contribution in [0.25, 0.3) is 0 Å². The molecule has 0 aromatic carbocycles. The van der Waals surface area contributed by atoms with Crippen LogP contribution in [0.4, 0.5) is 18.0 Å². The number of ether oxygens (including phenoxy) is 1. The first-order chi connectivity index (χ1) is 8.73. The van der Waals surface area contributed by atoms with Gasteiger partial charge in [-0.1, -0.05) is 13.3 Å². The number of carbonyl (C=O) groups is 1. The second kappa shape index (κ2) is 4.36. The molecule has 1 N–H and O–H groups in total. The Balaban J connectivity index is 2.48. The number of amides is 1. The van der Waals surface area contributed by atoms with E-state index in [4.69, 9.17) is 0 Å². The average molecular weight is 280 g/mol. The molecule has 5 nitrogen and oxygen atoms in total. The van der Waals surface area contributed by atoms with Crippen molar-refractivity contribution in [2.75, 3.05) is 7.11 Å². The summed E-state index contributed by atoms with van der Waals surface area (Å²) in [4.78, 5) is 11.5. The molecule has 0 aromatic heterocycles. The summed E-state index contributed by atoms with van der Waals surface area (Å²) in [5.41, 5.74) is -3.08. The summed E-state index contributed by atoms with van der Waals surface area (Å²) in [7, 11) is 0.949. The first-order valence-corrected chi connectivity index (χ1v) is 5.99. The normalized spacial score (nSPS) is 34.8. The number of aliphatic hydroxyl groups is 1. The Morgan fingerprint density at radius 3 is 2.68 bits per heavy atom. The van der Waals surface area contributed by atoms with Gasteiger partial charge in [0.25, 0.3) is 5.72 Å². The molecule has 0 bridgehead atoms. The van der Waals surface area contributed by atoms with Crippen molar-refractivity contribution in [3.63, 3.8) is 0 Å². The largest absolute Gasteiger partial charge is 0.451 e. The zero-order valence-electron chi connectivity index (χ0n) is 10.6. The molecule has 0 radical (unpaired) electrons. The molecule has 1 amide bonds. The summed E-state index contributed by atoms with van der Waals surface area (Å²) in [5, 5.41) is 13.8. The second-order valence-electron chi connectivity index (χ2n) is 4.92. The predicted octanol–water partition coefficient (Wildman–Crippen LogP) is 2.11. The Labute approximate surface area is 108 Å². The van der Waals surface area contributed by atoms with Crippen molar-refractivity contribution in [2.45, 2.75) is 38.1 Å². The van der Waals surface area contributed by atoms with Gasteiger partial charge >= 0.3 is 12.3 Å². The fraction of sp³-hybridized carbons (Fsp3) is 0.818. The number of alkyl halides is 3. The van der Waals surface area contributed by atoms with Crippen molar-refractivity contribution in [1.82, 2.24) is 5.01 Å². The van der Waals surface area contributed by atoms with Crippen molar-refractivity contribution < 1.29 is 27.8 Å². The SMILES string of the molecule is COC(=O)N1N=C2[C@H](C)CCC[C@@H]2[C@]1(O)C(F)(F)F. The molecule has 0 unspecified atom stereocenters. The maximum Gasteiger partial charge on any atom is 0.439 e. The van der Waals surface area contributed by atoms with E-state index >= 15 is 0 Å².